The van der Waals surface area contributed by atoms with Crippen molar-refractivity contribution in [3.05, 3.63) is 29.5 Å². The van der Waals surface area contributed by atoms with Crippen LogP contribution in [0.5, 0.6) is 5.75 Å². The van der Waals surface area contributed by atoms with Crippen molar-refractivity contribution in [3.63, 3.8) is 0 Å². The molecule has 3 heteroatoms. The maximum absolute atomic E-state index is 5.74. The van der Waals surface area contributed by atoms with Gasteiger partial charge in [0.05, 0.1) is 11.6 Å². The minimum Gasteiger partial charge on any atom is -0.491 e. The van der Waals surface area contributed by atoms with Gasteiger partial charge in [-0.1, -0.05) is 0 Å². The van der Waals surface area contributed by atoms with Gasteiger partial charge in [0, 0.05) is 23.8 Å². The number of anilines is 1. The molecular weight excluding hydrogens is 224 g/mol. The first-order chi connectivity index (χ1) is 8.52. The normalized spacial score (nSPS) is 11.0. The van der Waals surface area contributed by atoms with Crippen molar-refractivity contribution in [1.29, 1.82) is 0 Å². The molecule has 0 saturated carbocycles. The molecule has 18 heavy (non-hydrogen) atoms. The molecule has 96 valence electrons. The lowest BCUT2D eigenvalue weighted by Gasteiger charge is -2.14. The zero-order chi connectivity index (χ0) is 13.3. The van der Waals surface area contributed by atoms with E-state index in [1.54, 1.807) is 0 Å². The molecule has 0 saturated heterocycles. The number of nitrogens with one attached hydrogen (secondary N) is 1. The molecular formula is C15H20N2O. The second kappa shape index (κ2) is 4.84. The summed E-state index contributed by atoms with van der Waals surface area (Å²) in [6, 6.07) is 6.05. The molecule has 0 bridgehead atoms. The molecule has 2 aromatic rings. The van der Waals surface area contributed by atoms with Crippen molar-refractivity contribution in [2.24, 2.45) is 0 Å². The third-order valence-corrected chi connectivity index (χ3v) is 3.07. The molecule has 0 aliphatic carbocycles. The number of benzene rings is 1. The Hall–Kier alpha value is -1.77. The highest BCUT2D eigenvalue weighted by Gasteiger charge is 2.09. The van der Waals surface area contributed by atoms with Crippen molar-refractivity contribution in [2.45, 2.75) is 33.8 Å². The first-order valence-corrected chi connectivity index (χ1v) is 6.28. The van der Waals surface area contributed by atoms with E-state index in [0.717, 1.165) is 28.0 Å². The van der Waals surface area contributed by atoms with Gasteiger partial charge in [-0.05, 0) is 51.5 Å². The van der Waals surface area contributed by atoms with Gasteiger partial charge in [0.15, 0.2) is 0 Å². The predicted molar refractivity (Wildman–Crippen MR) is 76.5 cm³/mol. The van der Waals surface area contributed by atoms with Crippen LogP contribution in [0.25, 0.3) is 10.9 Å². The Kier molecular flexibility index (Phi) is 3.41. The molecule has 0 atom stereocenters. The van der Waals surface area contributed by atoms with Crippen LogP contribution in [0.2, 0.25) is 0 Å². The first kappa shape index (κ1) is 12.7. The van der Waals surface area contributed by atoms with Crippen LogP contribution >= 0.6 is 0 Å². The van der Waals surface area contributed by atoms with Gasteiger partial charge in [-0.25, -0.2) is 0 Å². The molecule has 0 aliphatic heterocycles. The third kappa shape index (κ3) is 2.26. The van der Waals surface area contributed by atoms with Crippen LogP contribution in [0, 0.1) is 13.8 Å². The quantitative estimate of drug-likeness (QED) is 0.894. The molecule has 0 radical (unpaired) electrons. The van der Waals surface area contributed by atoms with Gasteiger partial charge in [0.2, 0.25) is 0 Å². The highest BCUT2D eigenvalue weighted by Crippen LogP contribution is 2.30. The van der Waals surface area contributed by atoms with E-state index in [4.69, 9.17) is 4.74 Å². The van der Waals surface area contributed by atoms with Crippen LogP contribution in [0.15, 0.2) is 18.2 Å². The highest BCUT2D eigenvalue weighted by molar-refractivity contribution is 5.94. The van der Waals surface area contributed by atoms with E-state index in [9.17, 15) is 0 Å². The minimum atomic E-state index is 0.181. The topological polar surface area (TPSA) is 34.2 Å². The molecule has 0 aliphatic rings. The van der Waals surface area contributed by atoms with Gasteiger partial charge in [-0.3, -0.25) is 4.98 Å². The van der Waals surface area contributed by atoms with E-state index >= 15 is 0 Å². The Morgan fingerprint density at radius 1 is 1.22 bits per heavy atom. The lowest BCUT2D eigenvalue weighted by Crippen LogP contribution is -2.06. The van der Waals surface area contributed by atoms with E-state index in [0.29, 0.717) is 0 Å². The largest absolute Gasteiger partial charge is 0.491 e. The van der Waals surface area contributed by atoms with E-state index in [1.165, 1.54) is 5.56 Å². The number of hydrogen-bond acceptors (Lipinski definition) is 3. The second-order valence-electron chi connectivity index (χ2n) is 4.79. The van der Waals surface area contributed by atoms with Gasteiger partial charge >= 0.3 is 0 Å². The molecule has 0 unspecified atom stereocenters. The fourth-order valence-electron chi connectivity index (χ4n) is 2.13. The predicted octanol–water partition coefficient (Wildman–Crippen LogP) is 3.68. The average molecular weight is 244 g/mol. The summed E-state index contributed by atoms with van der Waals surface area (Å²) in [7, 11) is 1.94. The second-order valence-corrected chi connectivity index (χ2v) is 4.79. The maximum Gasteiger partial charge on any atom is 0.120 e. The summed E-state index contributed by atoms with van der Waals surface area (Å²) in [4.78, 5) is 4.61. The van der Waals surface area contributed by atoms with Crippen LogP contribution in [0.4, 0.5) is 5.69 Å². The first-order valence-electron chi connectivity index (χ1n) is 6.28. The van der Waals surface area contributed by atoms with Crippen molar-refractivity contribution in [3.8, 4) is 5.75 Å². The molecule has 0 fully saturated rings. The number of ether oxygens (including phenoxy) is 1. The van der Waals surface area contributed by atoms with Gasteiger partial charge in [-0.2, -0.15) is 0 Å². The van der Waals surface area contributed by atoms with E-state index in [2.05, 4.69) is 23.3 Å². The monoisotopic (exact) mass is 244 g/mol. The fourth-order valence-corrected chi connectivity index (χ4v) is 2.13. The van der Waals surface area contributed by atoms with E-state index < -0.39 is 0 Å². The smallest absolute Gasteiger partial charge is 0.120 e. The van der Waals surface area contributed by atoms with Crippen LogP contribution in [-0.4, -0.2) is 18.1 Å². The number of hydrogen-bond donors (Lipinski definition) is 1. The Morgan fingerprint density at radius 2 is 1.94 bits per heavy atom. The highest BCUT2D eigenvalue weighted by atomic mass is 16.5. The standard InChI is InChI=1S/C15H20N2O/c1-9(2)18-12-6-7-14-13(8-12)15(16-5)10(3)11(4)17-14/h6-9H,1-5H3,(H,16,17). The molecule has 0 spiro atoms. The average Bonchev–Trinajstić information content (AvgIpc) is 2.31. The molecule has 1 aromatic carbocycles. The molecule has 3 nitrogen and oxygen atoms in total. The van der Waals surface area contributed by atoms with Gasteiger partial charge in [0.25, 0.3) is 0 Å². The Balaban J connectivity index is 2.63. The Morgan fingerprint density at radius 3 is 2.56 bits per heavy atom. The molecule has 2 rings (SSSR count). The Bertz CT molecular complexity index is 576. The molecule has 1 N–H and O–H groups in total. The van der Waals surface area contributed by atoms with Crippen molar-refractivity contribution in [2.75, 3.05) is 12.4 Å². The summed E-state index contributed by atoms with van der Waals surface area (Å²) >= 11 is 0. The summed E-state index contributed by atoms with van der Waals surface area (Å²) in [5.74, 6) is 0.888. The lowest BCUT2D eigenvalue weighted by atomic mass is 10.1. The number of rotatable bonds is 3. The van der Waals surface area contributed by atoms with Gasteiger partial charge in [-0.15, -0.1) is 0 Å². The number of nitrogens with zero attached hydrogens (tertiary/aromatic N) is 1. The van der Waals surface area contributed by atoms with Crippen molar-refractivity contribution < 1.29 is 4.74 Å². The maximum atomic E-state index is 5.74. The summed E-state index contributed by atoms with van der Waals surface area (Å²) in [6.45, 7) is 8.18. The number of aromatic nitrogens is 1. The number of aryl methyl sites for hydroxylation is 1. The molecule has 1 aromatic heterocycles. The van der Waals surface area contributed by atoms with Crippen LogP contribution in [-0.2, 0) is 0 Å². The van der Waals surface area contributed by atoms with Crippen LogP contribution in [0.3, 0.4) is 0 Å². The van der Waals surface area contributed by atoms with E-state index in [1.807, 2.05) is 40.0 Å². The summed E-state index contributed by atoms with van der Waals surface area (Å²) in [5, 5.41) is 4.37. The van der Waals surface area contributed by atoms with Gasteiger partial charge < -0.3 is 10.1 Å². The van der Waals surface area contributed by atoms with Crippen LogP contribution in [0.1, 0.15) is 25.1 Å². The summed E-state index contributed by atoms with van der Waals surface area (Å²) < 4.78 is 5.74. The van der Waals surface area contributed by atoms with Gasteiger partial charge in [0.1, 0.15) is 5.75 Å². The molecule has 1 heterocycles. The van der Waals surface area contributed by atoms with Crippen LogP contribution < -0.4 is 10.1 Å². The Labute approximate surface area is 108 Å². The van der Waals surface area contributed by atoms with Crippen molar-refractivity contribution in [1.82, 2.24) is 4.98 Å². The third-order valence-electron chi connectivity index (χ3n) is 3.07. The van der Waals surface area contributed by atoms with E-state index in [-0.39, 0.29) is 6.10 Å². The zero-order valence-corrected chi connectivity index (χ0v) is 11.7. The lowest BCUT2D eigenvalue weighted by molar-refractivity contribution is 0.243. The van der Waals surface area contributed by atoms with Crippen molar-refractivity contribution >= 4 is 16.6 Å². The number of fused-ring (bicyclic) bond motifs is 1. The number of pyridine rings is 1. The summed E-state index contributed by atoms with van der Waals surface area (Å²) in [5.41, 5.74) is 4.38. The fraction of sp³-hybridized carbons (Fsp3) is 0.400. The SMILES string of the molecule is CNc1c(C)c(C)nc2ccc(OC(C)C)cc12. The minimum absolute atomic E-state index is 0.181. The molecule has 0 amide bonds. The summed E-state index contributed by atoms with van der Waals surface area (Å²) in [6.07, 6.45) is 0.181. The zero-order valence-electron chi connectivity index (χ0n) is 11.7.